The van der Waals surface area contributed by atoms with Crippen molar-refractivity contribution in [2.45, 2.75) is 19.5 Å². The molecule has 0 bridgehead atoms. The lowest BCUT2D eigenvalue weighted by Crippen LogP contribution is -2.31. The molecule has 1 unspecified atom stereocenters. The van der Waals surface area contributed by atoms with Crippen molar-refractivity contribution in [1.82, 2.24) is 0 Å². The molecule has 1 aliphatic heterocycles. The second-order valence-electron chi connectivity index (χ2n) is 5.23. The van der Waals surface area contributed by atoms with Gasteiger partial charge in [-0.2, -0.15) is 5.26 Å². The zero-order chi connectivity index (χ0) is 15.0. The standard InChI is InChI=1S/C17H15N3O/c1-11-6-7-15-14(8-11)16(19)17(21)20(15)10-13-5-3-2-4-12(13)9-18/h2-8,16H,10,19H2,1H3. The summed E-state index contributed by atoms with van der Waals surface area (Å²) in [6.45, 7) is 2.34. The van der Waals surface area contributed by atoms with Crippen molar-refractivity contribution in [3.63, 3.8) is 0 Å². The van der Waals surface area contributed by atoms with E-state index in [1.165, 1.54) is 0 Å². The maximum absolute atomic E-state index is 12.4. The largest absolute Gasteiger partial charge is 0.316 e. The van der Waals surface area contributed by atoms with Crippen molar-refractivity contribution in [1.29, 1.82) is 5.26 Å². The van der Waals surface area contributed by atoms with Gasteiger partial charge in [0.05, 0.1) is 18.2 Å². The van der Waals surface area contributed by atoms with Crippen LogP contribution in [0.15, 0.2) is 42.5 Å². The number of carbonyl (C=O) groups is 1. The lowest BCUT2D eigenvalue weighted by molar-refractivity contribution is -0.119. The Bertz CT molecular complexity index is 761. The fraction of sp³-hybridized carbons (Fsp3) is 0.176. The number of nitriles is 1. The van der Waals surface area contributed by atoms with Gasteiger partial charge in [0, 0.05) is 11.3 Å². The van der Waals surface area contributed by atoms with E-state index < -0.39 is 6.04 Å². The highest BCUT2D eigenvalue weighted by Crippen LogP contribution is 2.36. The maximum Gasteiger partial charge on any atom is 0.248 e. The first kappa shape index (κ1) is 13.3. The SMILES string of the molecule is Cc1ccc2c(c1)C(N)C(=O)N2Cc1ccccc1C#N. The molecule has 2 N–H and O–H groups in total. The Labute approximate surface area is 123 Å². The van der Waals surface area contributed by atoms with Gasteiger partial charge in [-0.1, -0.05) is 35.9 Å². The molecule has 0 fully saturated rings. The van der Waals surface area contributed by atoms with Crippen molar-refractivity contribution in [3.8, 4) is 6.07 Å². The smallest absolute Gasteiger partial charge is 0.248 e. The van der Waals surface area contributed by atoms with Gasteiger partial charge in [-0.25, -0.2) is 0 Å². The molecule has 0 spiro atoms. The number of benzene rings is 2. The summed E-state index contributed by atoms with van der Waals surface area (Å²) < 4.78 is 0. The minimum absolute atomic E-state index is 0.122. The quantitative estimate of drug-likeness (QED) is 0.916. The van der Waals surface area contributed by atoms with Gasteiger partial charge in [-0.05, 0) is 24.6 Å². The number of nitrogens with two attached hydrogens (primary N) is 1. The number of anilines is 1. The van der Waals surface area contributed by atoms with Crippen LogP contribution in [0, 0.1) is 18.3 Å². The van der Waals surface area contributed by atoms with Gasteiger partial charge in [0.15, 0.2) is 0 Å². The number of hydrogen-bond acceptors (Lipinski definition) is 3. The van der Waals surface area contributed by atoms with E-state index in [4.69, 9.17) is 11.0 Å². The molecule has 0 saturated carbocycles. The molecular weight excluding hydrogens is 262 g/mol. The van der Waals surface area contributed by atoms with Crippen molar-refractivity contribution in [2.24, 2.45) is 5.73 Å². The van der Waals surface area contributed by atoms with E-state index in [-0.39, 0.29) is 5.91 Å². The molecule has 0 aromatic heterocycles. The van der Waals surface area contributed by atoms with Gasteiger partial charge < -0.3 is 10.6 Å². The summed E-state index contributed by atoms with van der Waals surface area (Å²) in [5.41, 5.74) is 10.2. The third kappa shape index (κ3) is 2.18. The summed E-state index contributed by atoms with van der Waals surface area (Å²) in [6, 6.07) is 14.7. The van der Waals surface area contributed by atoms with E-state index in [1.807, 2.05) is 43.3 Å². The average molecular weight is 277 g/mol. The van der Waals surface area contributed by atoms with Gasteiger partial charge in [-0.15, -0.1) is 0 Å². The Hall–Kier alpha value is -2.64. The molecule has 2 aromatic rings. The topological polar surface area (TPSA) is 70.1 Å². The van der Waals surface area contributed by atoms with Crippen molar-refractivity contribution in [2.75, 3.05) is 4.90 Å². The Morgan fingerprint density at radius 3 is 2.81 bits per heavy atom. The average Bonchev–Trinajstić information content (AvgIpc) is 2.73. The summed E-state index contributed by atoms with van der Waals surface area (Å²) in [5.74, 6) is -0.122. The van der Waals surface area contributed by atoms with E-state index in [1.54, 1.807) is 11.0 Å². The third-order valence-corrected chi connectivity index (χ3v) is 3.81. The molecule has 1 atom stereocenters. The van der Waals surface area contributed by atoms with E-state index in [2.05, 4.69) is 6.07 Å². The normalized spacial score (nSPS) is 16.7. The van der Waals surface area contributed by atoms with E-state index in [9.17, 15) is 4.79 Å². The highest BCUT2D eigenvalue weighted by atomic mass is 16.2. The highest BCUT2D eigenvalue weighted by Gasteiger charge is 2.34. The van der Waals surface area contributed by atoms with Crippen LogP contribution in [0.25, 0.3) is 0 Å². The summed E-state index contributed by atoms with van der Waals surface area (Å²) >= 11 is 0. The maximum atomic E-state index is 12.4. The van der Waals surface area contributed by atoms with Crippen LogP contribution in [0.3, 0.4) is 0 Å². The zero-order valence-corrected chi connectivity index (χ0v) is 11.7. The lowest BCUT2D eigenvalue weighted by atomic mass is 10.1. The molecule has 3 rings (SSSR count). The molecule has 1 amide bonds. The van der Waals surface area contributed by atoms with Crippen LogP contribution < -0.4 is 10.6 Å². The summed E-state index contributed by atoms with van der Waals surface area (Å²) in [6.07, 6.45) is 0. The lowest BCUT2D eigenvalue weighted by Gasteiger charge is -2.18. The van der Waals surface area contributed by atoms with Crippen LogP contribution in [-0.2, 0) is 11.3 Å². The van der Waals surface area contributed by atoms with Gasteiger partial charge in [0.25, 0.3) is 0 Å². The molecule has 0 radical (unpaired) electrons. The van der Waals surface area contributed by atoms with Crippen LogP contribution in [0.1, 0.15) is 28.3 Å². The number of fused-ring (bicyclic) bond motifs is 1. The number of aryl methyl sites for hydroxylation is 1. The first-order valence-corrected chi connectivity index (χ1v) is 6.77. The number of carbonyl (C=O) groups excluding carboxylic acids is 1. The minimum Gasteiger partial charge on any atom is -0.316 e. The zero-order valence-electron chi connectivity index (χ0n) is 11.7. The Morgan fingerprint density at radius 2 is 2.05 bits per heavy atom. The van der Waals surface area contributed by atoms with E-state index in [0.29, 0.717) is 12.1 Å². The first-order chi connectivity index (χ1) is 10.1. The molecule has 4 heteroatoms. The molecule has 0 aliphatic carbocycles. The predicted molar refractivity (Wildman–Crippen MR) is 80.5 cm³/mol. The molecule has 0 saturated heterocycles. The highest BCUT2D eigenvalue weighted by molar-refractivity contribution is 6.04. The van der Waals surface area contributed by atoms with E-state index in [0.717, 1.165) is 22.4 Å². The number of hydrogen-bond donors (Lipinski definition) is 1. The van der Waals surface area contributed by atoms with Crippen LogP contribution in [0.5, 0.6) is 0 Å². The minimum atomic E-state index is -0.617. The summed E-state index contributed by atoms with van der Waals surface area (Å²) in [5, 5.41) is 9.16. The van der Waals surface area contributed by atoms with Crippen molar-refractivity contribution in [3.05, 3.63) is 64.7 Å². The second kappa shape index (κ2) is 5.04. The van der Waals surface area contributed by atoms with Crippen molar-refractivity contribution < 1.29 is 4.79 Å². The summed E-state index contributed by atoms with van der Waals surface area (Å²) in [7, 11) is 0. The molecule has 4 nitrogen and oxygen atoms in total. The van der Waals surface area contributed by atoms with Crippen molar-refractivity contribution >= 4 is 11.6 Å². The fourth-order valence-corrected chi connectivity index (χ4v) is 2.69. The van der Waals surface area contributed by atoms with Gasteiger partial charge in [0.2, 0.25) is 5.91 Å². The van der Waals surface area contributed by atoms with Gasteiger partial charge in [-0.3, -0.25) is 4.79 Å². The van der Waals surface area contributed by atoms with Crippen LogP contribution >= 0.6 is 0 Å². The molecule has 2 aromatic carbocycles. The Kier molecular flexibility index (Phi) is 3.20. The number of rotatable bonds is 2. The number of amides is 1. The van der Waals surface area contributed by atoms with Crippen LogP contribution in [0.2, 0.25) is 0 Å². The van der Waals surface area contributed by atoms with Crippen LogP contribution in [0.4, 0.5) is 5.69 Å². The first-order valence-electron chi connectivity index (χ1n) is 6.77. The molecular formula is C17H15N3O. The van der Waals surface area contributed by atoms with E-state index >= 15 is 0 Å². The summed E-state index contributed by atoms with van der Waals surface area (Å²) in [4.78, 5) is 14.1. The van der Waals surface area contributed by atoms with Crippen LogP contribution in [-0.4, -0.2) is 5.91 Å². The molecule has 21 heavy (non-hydrogen) atoms. The second-order valence-corrected chi connectivity index (χ2v) is 5.23. The molecule has 1 heterocycles. The number of nitrogens with zero attached hydrogens (tertiary/aromatic N) is 2. The fourth-order valence-electron chi connectivity index (χ4n) is 2.69. The van der Waals surface area contributed by atoms with Gasteiger partial charge in [0.1, 0.15) is 6.04 Å². The van der Waals surface area contributed by atoms with Gasteiger partial charge >= 0.3 is 0 Å². The predicted octanol–water partition coefficient (Wildman–Crippen LogP) is 2.41. The molecule has 1 aliphatic rings. The Morgan fingerprint density at radius 1 is 1.29 bits per heavy atom. The third-order valence-electron chi connectivity index (χ3n) is 3.81. The Balaban J connectivity index is 2.01. The monoisotopic (exact) mass is 277 g/mol. The molecule has 104 valence electrons.